The molecule has 124 valence electrons. The number of hydrogen-bond donors (Lipinski definition) is 2. The van der Waals surface area contributed by atoms with Crippen LogP contribution in [0.5, 0.6) is 5.75 Å². The van der Waals surface area contributed by atoms with Crippen molar-refractivity contribution in [2.45, 2.75) is 58.0 Å². The van der Waals surface area contributed by atoms with E-state index in [0.29, 0.717) is 0 Å². The summed E-state index contributed by atoms with van der Waals surface area (Å²) in [6.07, 6.45) is 6.66. The van der Waals surface area contributed by atoms with E-state index in [2.05, 4.69) is 13.8 Å². The lowest BCUT2D eigenvalue weighted by atomic mass is 9.87. The first-order chi connectivity index (χ1) is 10.7. The van der Waals surface area contributed by atoms with Gasteiger partial charge in [0.2, 0.25) is 0 Å². The summed E-state index contributed by atoms with van der Waals surface area (Å²) in [5.74, 6) is 0.894. The van der Waals surface area contributed by atoms with Crippen LogP contribution in [-0.4, -0.2) is 31.3 Å². The Bertz CT molecular complexity index is 426. The second-order valence-corrected chi connectivity index (χ2v) is 6.57. The molecule has 1 fully saturated rings. The lowest BCUT2D eigenvalue weighted by Gasteiger charge is -2.31. The van der Waals surface area contributed by atoms with E-state index in [1.165, 1.54) is 32.4 Å². The Morgan fingerprint density at radius 3 is 2.36 bits per heavy atom. The second kappa shape index (κ2) is 8.54. The van der Waals surface area contributed by atoms with E-state index in [4.69, 9.17) is 4.74 Å². The molecule has 1 atom stereocenters. The highest BCUT2D eigenvalue weighted by molar-refractivity contribution is 5.30. The molecular weight excluding hydrogens is 274 g/mol. The number of hydrogen-bond acceptors (Lipinski definition) is 2. The Morgan fingerprint density at radius 1 is 1.09 bits per heavy atom. The molecule has 3 heteroatoms. The molecule has 0 saturated carbocycles. The zero-order valence-corrected chi connectivity index (χ0v) is 14.2. The van der Waals surface area contributed by atoms with Gasteiger partial charge in [-0.2, -0.15) is 0 Å². The highest BCUT2D eigenvalue weighted by Gasteiger charge is 2.29. The molecule has 3 nitrogen and oxygen atoms in total. The Hall–Kier alpha value is -1.06. The number of likely N-dealkylation sites (tertiary alicyclic amines) is 1. The van der Waals surface area contributed by atoms with Gasteiger partial charge in [0.05, 0.1) is 31.8 Å². The van der Waals surface area contributed by atoms with Crippen molar-refractivity contribution in [1.29, 1.82) is 0 Å². The molecule has 0 bridgehead atoms. The Balaban J connectivity index is 1.95. The van der Waals surface area contributed by atoms with Gasteiger partial charge in [-0.3, -0.25) is 0 Å². The molecule has 0 aromatic heterocycles. The standard InChI is InChI=1S/C19H31NO2/c1-3-16-22-18-10-8-17(9-11-18)19(21,4-2)12-15-20-13-6-5-7-14-20/h8-11,21H,3-7,12-16H2,1-2H3/p+1/t19-/m1/s1. The maximum absolute atomic E-state index is 11.0. The summed E-state index contributed by atoms with van der Waals surface area (Å²) in [6.45, 7) is 8.53. The van der Waals surface area contributed by atoms with Gasteiger partial charge in [0.1, 0.15) is 5.75 Å². The van der Waals surface area contributed by atoms with Gasteiger partial charge in [-0.05, 0) is 49.8 Å². The fourth-order valence-electron chi connectivity index (χ4n) is 3.29. The normalized spacial score (nSPS) is 18.9. The van der Waals surface area contributed by atoms with Crippen LogP contribution in [0.4, 0.5) is 0 Å². The van der Waals surface area contributed by atoms with Crippen LogP contribution in [0.15, 0.2) is 24.3 Å². The number of benzene rings is 1. The topological polar surface area (TPSA) is 33.9 Å². The molecule has 1 heterocycles. The van der Waals surface area contributed by atoms with Crippen LogP contribution in [0.2, 0.25) is 0 Å². The van der Waals surface area contributed by atoms with E-state index < -0.39 is 5.60 Å². The molecule has 1 aliphatic heterocycles. The summed E-state index contributed by atoms with van der Waals surface area (Å²) in [5.41, 5.74) is 0.323. The van der Waals surface area contributed by atoms with Gasteiger partial charge in [0.15, 0.2) is 0 Å². The number of piperidine rings is 1. The Morgan fingerprint density at radius 2 is 1.77 bits per heavy atom. The van der Waals surface area contributed by atoms with Crippen LogP contribution >= 0.6 is 0 Å². The molecule has 1 aliphatic rings. The SMILES string of the molecule is CCCOc1ccc([C@@](O)(CC)CC[NH+]2CCCCC2)cc1. The maximum atomic E-state index is 11.0. The summed E-state index contributed by atoms with van der Waals surface area (Å²) in [5, 5.41) is 11.0. The van der Waals surface area contributed by atoms with Crippen molar-refractivity contribution in [3.05, 3.63) is 29.8 Å². The molecule has 1 aromatic rings. The van der Waals surface area contributed by atoms with Crippen LogP contribution in [0, 0.1) is 0 Å². The molecule has 2 N–H and O–H groups in total. The van der Waals surface area contributed by atoms with E-state index in [-0.39, 0.29) is 0 Å². The average Bonchev–Trinajstić information content (AvgIpc) is 2.59. The molecule has 0 spiro atoms. The zero-order valence-electron chi connectivity index (χ0n) is 14.2. The third-order valence-electron chi connectivity index (χ3n) is 4.90. The minimum Gasteiger partial charge on any atom is -0.494 e. The summed E-state index contributed by atoms with van der Waals surface area (Å²) in [4.78, 5) is 1.65. The van der Waals surface area contributed by atoms with Gasteiger partial charge in [-0.15, -0.1) is 0 Å². The lowest BCUT2D eigenvalue weighted by molar-refractivity contribution is -0.905. The minimum atomic E-state index is -0.701. The Labute approximate surface area is 135 Å². The highest BCUT2D eigenvalue weighted by atomic mass is 16.5. The van der Waals surface area contributed by atoms with Crippen LogP contribution in [-0.2, 0) is 5.60 Å². The lowest BCUT2D eigenvalue weighted by Crippen LogP contribution is -3.13. The number of ether oxygens (including phenoxy) is 1. The predicted octanol–water partition coefficient (Wildman–Crippen LogP) is 2.53. The maximum Gasteiger partial charge on any atom is 0.119 e. The molecule has 0 amide bonds. The van der Waals surface area contributed by atoms with Gasteiger partial charge in [-0.1, -0.05) is 26.0 Å². The van der Waals surface area contributed by atoms with Crippen molar-refractivity contribution in [3.63, 3.8) is 0 Å². The van der Waals surface area contributed by atoms with Crippen molar-refractivity contribution < 1.29 is 14.7 Å². The van der Waals surface area contributed by atoms with Gasteiger partial charge >= 0.3 is 0 Å². The fraction of sp³-hybridized carbons (Fsp3) is 0.684. The van der Waals surface area contributed by atoms with Crippen LogP contribution in [0.1, 0.15) is 57.9 Å². The van der Waals surface area contributed by atoms with Crippen molar-refractivity contribution in [3.8, 4) is 5.75 Å². The second-order valence-electron chi connectivity index (χ2n) is 6.57. The summed E-state index contributed by atoms with van der Waals surface area (Å²) in [6, 6.07) is 8.03. The van der Waals surface area contributed by atoms with Gasteiger partial charge in [0, 0.05) is 6.42 Å². The van der Waals surface area contributed by atoms with Crippen LogP contribution in [0.3, 0.4) is 0 Å². The Kier molecular flexibility index (Phi) is 6.71. The molecule has 22 heavy (non-hydrogen) atoms. The van der Waals surface area contributed by atoms with Gasteiger partial charge in [0.25, 0.3) is 0 Å². The van der Waals surface area contributed by atoms with E-state index in [1.54, 1.807) is 4.90 Å². The third-order valence-corrected chi connectivity index (χ3v) is 4.90. The quantitative estimate of drug-likeness (QED) is 0.774. The van der Waals surface area contributed by atoms with Gasteiger partial charge < -0.3 is 14.7 Å². The summed E-state index contributed by atoms with van der Waals surface area (Å²) < 4.78 is 5.63. The zero-order chi connectivity index (χ0) is 15.8. The molecule has 1 aromatic carbocycles. The molecular formula is C19H32NO2+. The first kappa shape index (κ1) is 17.3. The first-order valence-corrected chi connectivity index (χ1v) is 8.97. The molecule has 2 rings (SSSR count). The van der Waals surface area contributed by atoms with E-state index in [0.717, 1.165) is 43.7 Å². The molecule has 0 aliphatic carbocycles. The molecule has 0 unspecified atom stereocenters. The number of nitrogens with one attached hydrogen (secondary N) is 1. The largest absolute Gasteiger partial charge is 0.494 e. The summed E-state index contributed by atoms with van der Waals surface area (Å²) >= 11 is 0. The van der Waals surface area contributed by atoms with Gasteiger partial charge in [-0.25, -0.2) is 0 Å². The smallest absolute Gasteiger partial charge is 0.119 e. The monoisotopic (exact) mass is 306 g/mol. The fourth-order valence-corrected chi connectivity index (χ4v) is 3.29. The van der Waals surface area contributed by atoms with E-state index >= 15 is 0 Å². The third kappa shape index (κ3) is 4.72. The van der Waals surface area contributed by atoms with Crippen molar-refractivity contribution in [2.75, 3.05) is 26.2 Å². The van der Waals surface area contributed by atoms with Crippen LogP contribution in [0.25, 0.3) is 0 Å². The van der Waals surface area contributed by atoms with Crippen molar-refractivity contribution in [2.24, 2.45) is 0 Å². The number of aliphatic hydroxyl groups is 1. The van der Waals surface area contributed by atoms with Crippen LogP contribution < -0.4 is 9.64 Å². The highest BCUT2D eigenvalue weighted by Crippen LogP contribution is 2.29. The predicted molar refractivity (Wildman–Crippen MR) is 90.4 cm³/mol. The van der Waals surface area contributed by atoms with Crippen molar-refractivity contribution in [1.82, 2.24) is 0 Å². The molecule has 1 saturated heterocycles. The van der Waals surface area contributed by atoms with E-state index in [9.17, 15) is 5.11 Å². The minimum absolute atomic E-state index is 0.701. The summed E-state index contributed by atoms with van der Waals surface area (Å²) in [7, 11) is 0. The van der Waals surface area contributed by atoms with E-state index in [1.807, 2.05) is 24.3 Å². The first-order valence-electron chi connectivity index (χ1n) is 8.97. The average molecular weight is 306 g/mol. The molecule has 0 radical (unpaired) electrons. The number of quaternary nitrogens is 1. The number of rotatable bonds is 8. The van der Waals surface area contributed by atoms with Crippen molar-refractivity contribution >= 4 is 0 Å².